The predicted octanol–water partition coefficient (Wildman–Crippen LogP) is 1.43. The highest BCUT2D eigenvalue weighted by molar-refractivity contribution is 5.97. The van der Waals surface area contributed by atoms with E-state index in [0.717, 1.165) is 42.0 Å². The first-order chi connectivity index (χ1) is 9.83. The summed E-state index contributed by atoms with van der Waals surface area (Å²) in [6.45, 7) is 2.49. The molecule has 0 saturated heterocycles. The molecule has 0 fully saturated rings. The van der Waals surface area contributed by atoms with Crippen molar-refractivity contribution in [3.05, 3.63) is 42.6 Å². The summed E-state index contributed by atoms with van der Waals surface area (Å²) in [5.74, 6) is 0.969. The fourth-order valence-corrected chi connectivity index (χ4v) is 2.75. The summed E-state index contributed by atoms with van der Waals surface area (Å²) in [7, 11) is 0. The Labute approximate surface area is 115 Å². The molecule has 100 valence electrons. The van der Waals surface area contributed by atoms with Gasteiger partial charge in [-0.05, 0) is 6.07 Å². The summed E-state index contributed by atoms with van der Waals surface area (Å²) in [6.07, 6.45) is 3.51. The fourth-order valence-electron chi connectivity index (χ4n) is 2.75. The lowest BCUT2D eigenvalue weighted by atomic mass is 10.1. The molecule has 20 heavy (non-hydrogen) atoms. The molecular formula is C14H14N6. The van der Waals surface area contributed by atoms with Crippen molar-refractivity contribution in [1.82, 2.24) is 19.7 Å². The third-order valence-electron chi connectivity index (χ3n) is 3.73. The fraction of sp³-hybridized carbons (Fsp3) is 0.214. The highest BCUT2D eigenvalue weighted by Crippen LogP contribution is 2.33. The quantitative estimate of drug-likeness (QED) is 0.721. The minimum atomic E-state index is 0.705. The maximum absolute atomic E-state index is 6.17. The van der Waals surface area contributed by atoms with E-state index in [2.05, 4.69) is 30.7 Å². The van der Waals surface area contributed by atoms with Gasteiger partial charge in [-0.3, -0.25) is 4.98 Å². The van der Waals surface area contributed by atoms with E-state index in [4.69, 9.17) is 5.73 Å². The van der Waals surface area contributed by atoms with Crippen LogP contribution in [0.25, 0.3) is 10.9 Å². The van der Waals surface area contributed by atoms with Crippen LogP contribution in [0, 0.1) is 0 Å². The maximum Gasteiger partial charge on any atom is 0.152 e. The first-order valence-corrected chi connectivity index (χ1v) is 6.58. The van der Waals surface area contributed by atoms with Crippen LogP contribution >= 0.6 is 0 Å². The first kappa shape index (κ1) is 11.2. The lowest BCUT2D eigenvalue weighted by molar-refractivity contribution is 0.561. The standard InChI is InChI=1S/C14H14N6/c15-11-7-16-12-4-2-1-3-10(12)14(11)19-5-6-20-9-17-18-13(20)8-19/h1-4,7,9H,5-6,8,15H2. The molecule has 0 radical (unpaired) electrons. The number of fused-ring (bicyclic) bond motifs is 2. The molecule has 2 N–H and O–H groups in total. The number of para-hydroxylation sites is 1. The summed E-state index contributed by atoms with van der Waals surface area (Å²) in [5.41, 5.74) is 8.88. The zero-order valence-electron chi connectivity index (χ0n) is 10.9. The molecule has 1 aliphatic rings. The summed E-state index contributed by atoms with van der Waals surface area (Å²) in [5, 5.41) is 9.20. The second kappa shape index (κ2) is 4.19. The van der Waals surface area contributed by atoms with Gasteiger partial charge in [-0.1, -0.05) is 18.2 Å². The molecule has 0 amide bonds. The average molecular weight is 266 g/mol. The van der Waals surface area contributed by atoms with Crippen molar-refractivity contribution < 1.29 is 0 Å². The van der Waals surface area contributed by atoms with Crippen LogP contribution in [0.15, 0.2) is 36.8 Å². The molecule has 6 nitrogen and oxygen atoms in total. The second-order valence-corrected chi connectivity index (χ2v) is 4.94. The van der Waals surface area contributed by atoms with Crippen molar-refractivity contribution in [2.24, 2.45) is 0 Å². The third-order valence-corrected chi connectivity index (χ3v) is 3.73. The third kappa shape index (κ3) is 1.61. The van der Waals surface area contributed by atoms with Gasteiger partial charge >= 0.3 is 0 Å². The topological polar surface area (TPSA) is 72.9 Å². The van der Waals surface area contributed by atoms with E-state index < -0.39 is 0 Å². The second-order valence-electron chi connectivity index (χ2n) is 4.94. The summed E-state index contributed by atoms with van der Waals surface area (Å²) in [4.78, 5) is 6.64. The lowest BCUT2D eigenvalue weighted by Gasteiger charge is -2.30. The van der Waals surface area contributed by atoms with Gasteiger partial charge in [-0.25, -0.2) is 0 Å². The number of aromatic nitrogens is 4. The highest BCUT2D eigenvalue weighted by atomic mass is 15.3. The normalized spacial score (nSPS) is 14.5. The van der Waals surface area contributed by atoms with Crippen molar-refractivity contribution in [3.63, 3.8) is 0 Å². The molecule has 1 aliphatic heterocycles. The van der Waals surface area contributed by atoms with E-state index in [0.29, 0.717) is 5.69 Å². The maximum atomic E-state index is 6.17. The Bertz CT molecular complexity index is 778. The van der Waals surface area contributed by atoms with Crippen LogP contribution in [-0.4, -0.2) is 26.3 Å². The molecule has 2 aromatic heterocycles. The largest absolute Gasteiger partial charge is 0.396 e. The molecule has 3 heterocycles. The SMILES string of the molecule is Nc1cnc2ccccc2c1N1CCn2cnnc2C1. The summed E-state index contributed by atoms with van der Waals surface area (Å²) < 4.78 is 2.08. The van der Waals surface area contributed by atoms with Crippen LogP contribution in [0.5, 0.6) is 0 Å². The Kier molecular flexibility index (Phi) is 2.35. The molecule has 0 bridgehead atoms. The number of rotatable bonds is 1. The number of nitrogens with two attached hydrogens (primary N) is 1. The number of nitrogens with zero attached hydrogens (tertiary/aromatic N) is 5. The van der Waals surface area contributed by atoms with E-state index in [9.17, 15) is 0 Å². The van der Waals surface area contributed by atoms with Gasteiger partial charge in [-0.2, -0.15) is 0 Å². The molecule has 6 heteroatoms. The van der Waals surface area contributed by atoms with Crippen LogP contribution in [0.2, 0.25) is 0 Å². The van der Waals surface area contributed by atoms with E-state index in [1.807, 2.05) is 18.2 Å². The van der Waals surface area contributed by atoms with Crippen LogP contribution in [0.1, 0.15) is 5.82 Å². The Morgan fingerprint density at radius 1 is 1.15 bits per heavy atom. The van der Waals surface area contributed by atoms with Gasteiger partial charge in [0.05, 0.1) is 29.6 Å². The van der Waals surface area contributed by atoms with Crippen molar-refractivity contribution in [2.45, 2.75) is 13.1 Å². The predicted molar refractivity (Wildman–Crippen MR) is 77.2 cm³/mol. The van der Waals surface area contributed by atoms with Gasteiger partial charge in [0.2, 0.25) is 0 Å². The Morgan fingerprint density at radius 3 is 3.00 bits per heavy atom. The van der Waals surface area contributed by atoms with Crippen LogP contribution in [-0.2, 0) is 13.1 Å². The molecule has 0 atom stereocenters. The number of hydrogen-bond donors (Lipinski definition) is 1. The van der Waals surface area contributed by atoms with Crippen molar-refractivity contribution in [1.29, 1.82) is 0 Å². The van der Waals surface area contributed by atoms with Crippen LogP contribution in [0.4, 0.5) is 11.4 Å². The van der Waals surface area contributed by atoms with Crippen LogP contribution < -0.4 is 10.6 Å². The van der Waals surface area contributed by atoms with E-state index in [1.54, 1.807) is 12.5 Å². The van der Waals surface area contributed by atoms with Gasteiger partial charge in [0.15, 0.2) is 5.82 Å². The zero-order valence-corrected chi connectivity index (χ0v) is 10.9. The lowest BCUT2D eigenvalue weighted by Crippen LogP contribution is -2.34. The zero-order chi connectivity index (χ0) is 13.5. The number of pyridine rings is 1. The molecule has 0 spiro atoms. The summed E-state index contributed by atoms with van der Waals surface area (Å²) in [6, 6.07) is 8.07. The van der Waals surface area contributed by atoms with E-state index in [1.165, 1.54) is 0 Å². The minimum Gasteiger partial charge on any atom is -0.396 e. The number of nitrogen functional groups attached to an aromatic ring is 1. The molecule has 0 saturated carbocycles. The smallest absolute Gasteiger partial charge is 0.152 e. The van der Waals surface area contributed by atoms with Crippen molar-refractivity contribution in [3.8, 4) is 0 Å². The molecule has 1 aromatic carbocycles. The van der Waals surface area contributed by atoms with Gasteiger partial charge < -0.3 is 15.2 Å². The van der Waals surface area contributed by atoms with Gasteiger partial charge in [0, 0.05) is 18.5 Å². The first-order valence-electron chi connectivity index (χ1n) is 6.58. The highest BCUT2D eigenvalue weighted by Gasteiger charge is 2.21. The van der Waals surface area contributed by atoms with Crippen molar-refractivity contribution >= 4 is 22.3 Å². The van der Waals surface area contributed by atoms with E-state index in [-0.39, 0.29) is 0 Å². The molecule has 0 aliphatic carbocycles. The minimum absolute atomic E-state index is 0.705. The Hall–Kier alpha value is -2.63. The van der Waals surface area contributed by atoms with Gasteiger partial charge in [0.25, 0.3) is 0 Å². The van der Waals surface area contributed by atoms with Gasteiger partial charge in [0.1, 0.15) is 6.33 Å². The number of benzene rings is 1. The summed E-state index contributed by atoms with van der Waals surface area (Å²) >= 11 is 0. The average Bonchev–Trinajstić information content (AvgIpc) is 2.94. The van der Waals surface area contributed by atoms with Crippen molar-refractivity contribution in [2.75, 3.05) is 17.2 Å². The monoisotopic (exact) mass is 266 g/mol. The number of hydrogen-bond acceptors (Lipinski definition) is 5. The molecule has 0 unspecified atom stereocenters. The molecule has 4 rings (SSSR count). The molecular weight excluding hydrogens is 252 g/mol. The van der Waals surface area contributed by atoms with Gasteiger partial charge in [-0.15, -0.1) is 10.2 Å². The van der Waals surface area contributed by atoms with E-state index >= 15 is 0 Å². The molecule has 3 aromatic rings. The Balaban J connectivity index is 1.85. The Morgan fingerprint density at radius 2 is 2.05 bits per heavy atom. The van der Waals surface area contributed by atoms with Crippen LogP contribution in [0.3, 0.4) is 0 Å². The number of anilines is 2.